The molecule has 13 heavy (non-hydrogen) atoms. The van der Waals surface area contributed by atoms with Crippen LogP contribution in [0.25, 0.3) is 0 Å². The Labute approximate surface area is 84.9 Å². The van der Waals surface area contributed by atoms with Crippen LogP contribution in [0, 0.1) is 13.8 Å². The number of hydrogen-bond donors (Lipinski definition) is 0. The summed E-state index contributed by atoms with van der Waals surface area (Å²) >= 11 is 6.31. The highest BCUT2D eigenvalue weighted by molar-refractivity contribution is 6.21. The molecule has 1 aliphatic carbocycles. The van der Waals surface area contributed by atoms with E-state index in [1.807, 2.05) is 0 Å². The highest BCUT2D eigenvalue weighted by Crippen LogP contribution is 2.46. The second kappa shape index (κ2) is 3.02. The Morgan fingerprint density at radius 1 is 1.15 bits per heavy atom. The smallest absolute Gasteiger partial charge is 0.0596 e. The minimum atomic E-state index is 0.241. The Hall–Kier alpha value is -0.490. The Bertz CT molecular complexity index is 308. The highest BCUT2D eigenvalue weighted by atomic mass is 35.5. The fourth-order valence-electron chi connectivity index (χ4n) is 2.47. The van der Waals surface area contributed by atoms with Crippen molar-refractivity contribution in [2.45, 2.75) is 38.5 Å². The van der Waals surface area contributed by atoms with Gasteiger partial charge >= 0.3 is 0 Å². The predicted octanol–water partition coefficient (Wildman–Crippen LogP) is 4.09. The summed E-state index contributed by atoms with van der Waals surface area (Å²) in [5, 5.41) is 0.241. The van der Waals surface area contributed by atoms with Crippen LogP contribution in [0.4, 0.5) is 0 Å². The van der Waals surface area contributed by atoms with E-state index in [0.29, 0.717) is 5.92 Å². The molecule has 0 bridgehead atoms. The van der Waals surface area contributed by atoms with Gasteiger partial charge in [0.1, 0.15) is 0 Å². The molecule has 2 atom stereocenters. The Kier molecular flexibility index (Phi) is 2.11. The molecule has 2 unspecified atom stereocenters. The van der Waals surface area contributed by atoms with E-state index >= 15 is 0 Å². The zero-order valence-corrected chi connectivity index (χ0v) is 9.15. The lowest BCUT2D eigenvalue weighted by atomic mass is 9.95. The standard InChI is InChI=1S/C12H15Cl/c1-7-4-5-8(2)12-10(13)6-9(3)11(7)12/h4-5,9-10H,6H2,1-3H3. The van der Waals surface area contributed by atoms with E-state index in [0.717, 1.165) is 6.42 Å². The third-order valence-electron chi connectivity index (χ3n) is 3.09. The summed E-state index contributed by atoms with van der Waals surface area (Å²) in [6, 6.07) is 4.39. The molecular weight excluding hydrogens is 180 g/mol. The molecule has 0 fully saturated rings. The third-order valence-corrected chi connectivity index (χ3v) is 3.49. The van der Waals surface area contributed by atoms with E-state index in [2.05, 4.69) is 32.9 Å². The number of aryl methyl sites for hydroxylation is 2. The third kappa shape index (κ3) is 1.28. The van der Waals surface area contributed by atoms with Gasteiger partial charge in [-0.15, -0.1) is 11.6 Å². The molecule has 1 aliphatic rings. The zero-order chi connectivity index (χ0) is 9.59. The second-order valence-corrected chi connectivity index (χ2v) is 4.66. The molecule has 0 heterocycles. The summed E-state index contributed by atoms with van der Waals surface area (Å²) in [5.41, 5.74) is 5.65. The summed E-state index contributed by atoms with van der Waals surface area (Å²) in [5.74, 6) is 0.636. The van der Waals surface area contributed by atoms with E-state index in [1.165, 1.54) is 22.3 Å². The first-order valence-corrected chi connectivity index (χ1v) is 5.29. The molecule has 0 spiro atoms. The van der Waals surface area contributed by atoms with Crippen LogP contribution in [0.3, 0.4) is 0 Å². The molecule has 70 valence electrons. The molecule has 0 aromatic heterocycles. The fraction of sp³-hybridized carbons (Fsp3) is 0.500. The molecule has 0 amide bonds. The van der Waals surface area contributed by atoms with Crippen molar-refractivity contribution in [2.24, 2.45) is 0 Å². The van der Waals surface area contributed by atoms with Crippen molar-refractivity contribution in [3.8, 4) is 0 Å². The normalized spacial score (nSPS) is 26.2. The molecule has 0 saturated carbocycles. The average molecular weight is 195 g/mol. The lowest BCUT2D eigenvalue weighted by molar-refractivity contribution is 0.730. The van der Waals surface area contributed by atoms with Crippen LogP contribution in [0.2, 0.25) is 0 Å². The fourth-order valence-corrected chi connectivity index (χ4v) is 3.03. The summed E-state index contributed by atoms with van der Waals surface area (Å²) in [6.45, 7) is 6.61. The van der Waals surface area contributed by atoms with Crippen LogP contribution in [0.15, 0.2) is 12.1 Å². The number of fused-ring (bicyclic) bond motifs is 1. The van der Waals surface area contributed by atoms with Crippen LogP contribution in [-0.4, -0.2) is 0 Å². The summed E-state index contributed by atoms with van der Waals surface area (Å²) < 4.78 is 0. The summed E-state index contributed by atoms with van der Waals surface area (Å²) in [6.07, 6.45) is 1.10. The average Bonchev–Trinajstić information content (AvgIpc) is 2.36. The SMILES string of the molecule is Cc1ccc(C)c2c1C(C)CC2Cl. The van der Waals surface area contributed by atoms with Crippen LogP contribution in [0.1, 0.15) is 46.9 Å². The van der Waals surface area contributed by atoms with Crippen molar-refractivity contribution in [2.75, 3.05) is 0 Å². The first kappa shape index (κ1) is 9.08. The highest BCUT2D eigenvalue weighted by Gasteiger charge is 2.29. The molecule has 0 radical (unpaired) electrons. The van der Waals surface area contributed by atoms with Crippen molar-refractivity contribution < 1.29 is 0 Å². The van der Waals surface area contributed by atoms with Gasteiger partial charge in [-0.05, 0) is 48.4 Å². The van der Waals surface area contributed by atoms with Gasteiger partial charge in [0, 0.05) is 0 Å². The summed E-state index contributed by atoms with van der Waals surface area (Å²) in [7, 11) is 0. The first-order valence-electron chi connectivity index (χ1n) is 4.85. The largest absolute Gasteiger partial charge is 0.118 e. The molecule has 0 saturated heterocycles. The maximum Gasteiger partial charge on any atom is 0.0596 e. The molecule has 0 nitrogen and oxygen atoms in total. The van der Waals surface area contributed by atoms with Gasteiger partial charge in [0.05, 0.1) is 5.38 Å². The van der Waals surface area contributed by atoms with Gasteiger partial charge in [-0.2, -0.15) is 0 Å². The quantitative estimate of drug-likeness (QED) is 0.546. The van der Waals surface area contributed by atoms with Gasteiger partial charge in [0.2, 0.25) is 0 Å². The number of benzene rings is 1. The van der Waals surface area contributed by atoms with Crippen LogP contribution >= 0.6 is 11.6 Å². The molecule has 1 heteroatoms. The lowest BCUT2D eigenvalue weighted by Gasteiger charge is -2.10. The van der Waals surface area contributed by atoms with Gasteiger partial charge in [-0.3, -0.25) is 0 Å². The molecule has 1 aromatic rings. The van der Waals surface area contributed by atoms with E-state index < -0.39 is 0 Å². The van der Waals surface area contributed by atoms with Gasteiger partial charge in [-0.25, -0.2) is 0 Å². The molecular formula is C12H15Cl. The van der Waals surface area contributed by atoms with E-state index in [9.17, 15) is 0 Å². The Balaban J connectivity index is 2.67. The second-order valence-electron chi connectivity index (χ2n) is 4.13. The molecule has 2 rings (SSSR count). The summed E-state index contributed by atoms with van der Waals surface area (Å²) in [4.78, 5) is 0. The minimum absolute atomic E-state index is 0.241. The van der Waals surface area contributed by atoms with E-state index in [1.54, 1.807) is 0 Å². The minimum Gasteiger partial charge on any atom is -0.118 e. The van der Waals surface area contributed by atoms with Crippen molar-refractivity contribution in [1.82, 2.24) is 0 Å². The number of alkyl halides is 1. The maximum absolute atomic E-state index is 6.31. The predicted molar refractivity (Wildman–Crippen MR) is 57.5 cm³/mol. The van der Waals surface area contributed by atoms with E-state index in [4.69, 9.17) is 11.6 Å². The van der Waals surface area contributed by atoms with Gasteiger partial charge < -0.3 is 0 Å². The van der Waals surface area contributed by atoms with Gasteiger partial charge in [-0.1, -0.05) is 19.1 Å². The Morgan fingerprint density at radius 2 is 1.69 bits per heavy atom. The van der Waals surface area contributed by atoms with Crippen molar-refractivity contribution in [3.05, 3.63) is 34.4 Å². The van der Waals surface area contributed by atoms with Crippen molar-refractivity contribution >= 4 is 11.6 Å². The topological polar surface area (TPSA) is 0 Å². The monoisotopic (exact) mass is 194 g/mol. The number of halogens is 1. The molecule has 0 aliphatic heterocycles. The van der Waals surface area contributed by atoms with Crippen LogP contribution < -0.4 is 0 Å². The first-order chi connectivity index (χ1) is 6.11. The maximum atomic E-state index is 6.31. The van der Waals surface area contributed by atoms with Crippen LogP contribution in [-0.2, 0) is 0 Å². The lowest BCUT2D eigenvalue weighted by Crippen LogP contribution is -1.93. The molecule has 1 aromatic carbocycles. The number of rotatable bonds is 0. The zero-order valence-electron chi connectivity index (χ0n) is 8.39. The van der Waals surface area contributed by atoms with Crippen molar-refractivity contribution in [1.29, 1.82) is 0 Å². The van der Waals surface area contributed by atoms with Gasteiger partial charge in [0.15, 0.2) is 0 Å². The molecule has 0 N–H and O–H groups in total. The number of hydrogen-bond acceptors (Lipinski definition) is 0. The van der Waals surface area contributed by atoms with Crippen LogP contribution in [0.5, 0.6) is 0 Å². The Morgan fingerprint density at radius 3 is 2.23 bits per heavy atom. The van der Waals surface area contributed by atoms with E-state index in [-0.39, 0.29) is 5.38 Å². The van der Waals surface area contributed by atoms with Crippen molar-refractivity contribution in [3.63, 3.8) is 0 Å². The van der Waals surface area contributed by atoms with Gasteiger partial charge in [0.25, 0.3) is 0 Å².